The lowest BCUT2D eigenvalue weighted by molar-refractivity contribution is 0.442. The van der Waals surface area contributed by atoms with Crippen LogP contribution in [0.25, 0.3) is 0 Å². The summed E-state index contributed by atoms with van der Waals surface area (Å²) < 4.78 is 5.55. The fourth-order valence-electron chi connectivity index (χ4n) is 1.45. The van der Waals surface area contributed by atoms with Gasteiger partial charge in [-0.1, -0.05) is 12.2 Å². The second kappa shape index (κ2) is 4.50. The van der Waals surface area contributed by atoms with Crippen LogP contribution in [0.15, 0.2) is 18.3 Å². The van der Waals surface area contributed by atoms with Crippen LogP contribution in [-0.2, 0) is 0 Å². The first kappa shape index (κ1) is 11.5. The molecule has 2 aromatic heterocycles. The highest BCUT2D eigenvalue weighted by Gasteiger charge is 2.13. The van der Waals surface area contributed by atoms with Gasteiger partial charge in [-0.2, -0.15) is 0 Å². The minimum Gasteiger partial charge on any atom is -0.418 e. The highest BCUT2D eigenvalue weighted by atomic mass is 32.1. The van der Waals surface area contributed by atoms with Crippen molar-refractivity contribution in [2.45, 2.75) is 13.8 Å². The maximum atomic E-state index is 5.66. The van der Waals surface area contributed by atoms with E-state index in [1.165, 1.54) is 0 Å². The molecular formula is C11H12N4OS. The first-order valence-electron chi connectivity index (χ1n) is 5.03. The molecule has 0 aliphatic heterocycles. The molecule has 0 unspecified atom stereocenters. The first-order chi connectivity index (χ1) is 8.08. The van der Waals surface area contributed by atoms with E-state index >= 15 is 0 Å². The normalized spacial score (nSPS) is 10.2. The van der Waals surface area contributed by atoms with E-state index in [9.17, 15) is 0 Å². The fourth-order valence-corrected chi connectivity index (χ4v) is 1.70. The zero-order chi connectivity index (χ0) is 12.4. The van der Waals surface area contributed by atoms with Crippen LogP contribution in [-0.4, -0.2) is 20.2 Å². The van der Waals surface area contributed by atoms with Crippen LogP contribution >= 0.6 is 12.2 Å². The van der Waals surface area contributed by atoms with Crippen LogP contribution in [0, 0.1) is 13.8 Å². The third kappa shape index (κ3) is 2.42. The van der Waals surface area contributed by atoms with Crippen LogP contribution in [0.2, 0.25) is 0 Å². The summed E-state index contributed by atoms with van der Waals surface area (Å²) in [7, 11) is 0. The quantitative estimate of drug-likeness (QED) is 0.811. The summed E-state index contributed by atoms with van der Waals surface area (Å²) in [4.78, 5) is 4.38. The van der Waals surface area contributed by atoms with E-state index in [4.69, 9.17) is 22.7 Å². The average Bonchev–Trinajstić information content (AvgIpc) is 2.63. The largest absolute Gasteiger partial charge is 0.418 e. The number of thiocarbonyl (C=S) groups is 1. The van der Waals surface area contributed by atoms with Gasteiger partial charge in [0.25, 0.3) is 0 Å². The maximum absolute atomic E-state index is 5.66. The Morgan fingerprint density at radius 3 is 2.82 bits per heavy atom. The molecule has 17 heavy (non-hydrogen) atoms. The molecule has 0 aromatic carbocycles. The predicted octanol–water partition coefficient (Wildman–Crippen LogP) is 1.85. The van der Waals surface area contributed by atoms with Crippen LogP contribution in [0.3, 0.4) is 0 Å². The SMILES string of the molecule is Cc1cc(Oc2nccc(C)c2C(N)=S)n[nH]1. The Bertz CT molecular complexity index is 564. The molecule has 0 aliphatic carbocycles. The van der Waals surface area contributed by atoms with Gasteiger partial charge in [-0.25, -0.2) is 4.98 Å². The second-order valence-corrected chi connectivity index (χ2v) is 4.10. The molecule has 0 amide bonds. The summed E-state index contributed by atoms with van der Waals surface area (Å²) in [6.45, 7) is 3.79. The van der Waals surface area contributed by atoms with Gasteiger partial charge < -0.3 is 10.5 Å². The van der Waals surface area contributed by atoms with E-state index in [-0.39, 0.29) is 4.99 Å². The highest BCUT2D eigenvalue weighted by molar-refractivity contribution is 7.80. The van der Waals surface area contributed by atoms with E-state index < -0.39 is 0 Å². The standard InChI is InChI=1S/C11H12N4OS/c1-6-3-4-13-11(9(6)10(12)17)16-8-5-7(2)14-15-8/h3-5H,1-2H3,(H2,12,17)(H,14,15). The van der Waals surface area contributed by atoms with Gasteiger partial charge >= 0.3 is 0 Å². The summed E-state index contributed by atoms with van der Waals surface area (Å²) in [6.07, 6.45) is 1.64. The Morgan fingerprint density at radius 2 is 2.24 bits per heavy atom. The van der Waals surface area contributed by atoms with Crippen molar-refractivity contribution < 1.29 is 4.74 Å². The number of aromatic nitrogens is 3. The predicted molar refractivity (Wildman–Crippen MR) is 68.3 cm³/mol. The molecule has 0 bridgehead atoms. The van der Waals surface area contributed by atoms with E-state index in [1.54, 1.807) is 12.3 Å². The van der Waals surface area contributed by atoms with Crippen molar-refractivity contribution in [2.24, 2.45) is 5.73 Å². The van der Waals surface area contributed by atoms with Gasteiger partial charge in [0, 0.05) is 18.0 Å². The zero-order valence-electron chi connectivity index (χ0n) is 9.52. The third-order valence-electron chi connectivity index (χ3n) is 2.25. The molecule has 0 saturated carbocycles. The lowest BCUT2D eigenvalue weighted by Crippen LogP contribution is -2.13. The number of H-pyrrole nitrogens is 1. The third-order valence-corrected chi connectivity index (χ3v) is 2.46. The van der Waals surface area contributed by atoms with Crippen molar-refractivity contribution in [1.82, 2.24) is 15.2 Å². The van der Waals surface area contributed by atoms with Crippen LogP contribution in [0.5, 0.6) is 11.8 Å². The Hall–Kier alpha value is -1.95. The number of pyridine rings is 1. The van der Waals surface area contributed by atoms with Gasteiger partial charge in [-0.3, -0.25) is 5.10 Å². The van der Waals surface area contributed by atoms with Gasteiger partial charge in [-0.05, 0) is 25.5 Å². The van der Waals surface area contributed by atoms with E-state index in [0.29, 0.717) is 17.3 Å². The van der Waals surface area contributed by atoms with Crippen molar-refractivity contribution in [1.29, 1.82) is 0 Å². The lowest BCUT2D eigenvalue weighted by atomic mass is 10.1. The number of hydrogen-bond donors (Lipinski definition) is 2. The van der Waals surface area contributed by atoms with Gasteiger partial charge in [0.15, 0.2) is 0 Å². The van der Waals surface area contributed by atoms with Crippen molar-refractivity contribution in [3.05, 3.63) is 35.2 Å². The molecule has 2 heterocycles. The Labute approximate surface area is 104 Å². The summed E-state index contributed by atoms with van der Waals surface area (Å²) in [6, 6.07) is 3.60. The van der Waals surface area contributed by atoms with E-state index in [1.807, 2.05) is 19.9 Å². The molecule has 0 saturated heterocycles. The molecule has 0 spiro atoms. The van der Waals surface area contributed by atoms with Crippen LogP contribution < -0.4 is 10.5 Å². The molecule has 5 nitrogen and oxygen atoms in total. The molecule has 0 aliphatic rings. The first-order valence-corrected chi connectivity index (χ1v) is 5.44. The second-order valence-electron chi connectivity index (χ2n) is 3.66. The molecule has 6 heteroatoms. The molecule has 88 valence electrons. The Kier molecular flexibility index (Phi) is 3.06. The van der Waals surface area contributed by atoms with Crippen molar-refractivity contribution >= 4 is 17.2 Å². The summed E-state index contributed by atoms with van der Waals surface area (Å²) in [5.41, 5.74) is 8.13. The number of aryl methyl sites for hydroxylation is 2. The molecule has 0 atom stereocenters. The zero-order valence-corrected chi connectivity index (χ0v) is 10.3. The van der Waals surface area contributed by atoms with Gasteiger partial charge in [0.1, 0.15) is 4.99 Å². The molecule has 0 fully saturated rings. The maximum Gasteiger partial charge on any atom is 0.240 e. The van der Waals surface area contributed by atoms with Gasteiger partial charge in [0.05, 0.1) is 5.56 Å². The van der Waals surface area contributed by atoms with Crippen molar-refractivity contribution in [2.75, 3.05) is 0 Å². The van der Waals surface area contributed by atoms with Crippen molar-refractivity contribution in [3.63, 3.8) is 0 Å². The topological polar surface area (TPSA) is 76.8 Å². The molecule has 3 N–H and O–H groups in total. The van der Waals surface area contributed by atoms with Crippen LogP contribution in [0.1, 0.15) is 16.8 Å². The monoisotopic (exact) mass is 248 g/mol. The smallest absolute Gasteiger partial charge is 0.240 e. The van der Waals surface area contributed by atoms with Crippen LogP contribution in [0.4, 0.5) is 0 Å². The summed E-state index contributed by atoms with van der Waals surface area (Å²) >= 11 is 4.99. The number of rotatable bonds is 3. The molecule has 2 rings (SSSR count). The number of hydrogen-bond acceptors (Lipinski definition) is 4. The van der Waals surface area contributed by atoms with E-state index in [0.717, 1.165) is 11.3 Å². The minimum atomic E-state index is 0.262. The van der Waals surface area contributed by atoms with Crippen molar-refractivity contribution in [3.8, 4) is 11.8 Å². The number of nitrogens with zero attached hydrogens (tertiary/aromatic N) is 2. The van der Waals surface area contributed by atoms with Gasteiger partial charge in [0.2, 0.25) is 11.8 Å². The fraction of sp³-hybridized carbons (Fsp3) is 0.182. The number of aromatic amines is 1. The number of ether oxygens (including phenoxy) is 1. The minimum absolute atomic E-state index is 0.262. The lowest BCUT2D eigenvalue weighted by Gasteiger charge is -2.08. The molecule has 0 radical (unpaired) electrons. The number of nitrogens with two attached hydrogens (primary N) is 1. The summed E-state index contributed by atoms with van der Waals surface area (Å²) in [5, 5.41) is 6.76. The Balaban J connectivity index is 2.39. The molecular weight excluding hydrogens is 236 g/mol. The Morgan fingerprint density at radius 1 is 1.47 bits per heavy atom. The number of nitrogens with one attached hydrogen (secondary N) is 1. The average molecular weight is 248 g/mol. The van der Waals surface area contributed by atoms with Gasteiger partial charge in [-0.15, -0.1) is 5.10 Å². The summed E-state index contributed by atoms with van der Waals surface area (Å²) in [5.74, 6) is 0.821. The molecule has 2 aromatic rings. The van der Waals surface area contributed by atoms with E-state index in [2.05, 4.69) is 15.2 Å². The highest BCUT2D eigenvalue weighted by Crippen LogP contribution is 2.24.